The molecule has 17 heavy (non-hydrogen) atoms. The molecular formula is C8H4F3NO4S. The highest BCUT2D eigenvalue weighted by molar-refractivity contribution is 7.85. The standard InChI is InChI=1S/C8H4F3NO4S/c9-8(10,11)6-1-3-7(4-2-6)16-17(14,15)12-5-13/h1-4H. The summed E-state index contributed by atoms with van der Waals surface area (Å²) in [5.41, 5.74) is -0.957. The average Bonchev–Trinajstić information content (AvgIpc) is 2.16. The highest BCUT2D eigenvalue weighted by Crippen LogP contribution is 2.30. The van der Waals surface area contributed by atoms with Crippen molar-refractivity contribution >= 4 is 16.4 Å². The van der Waals surface area contributed by atoms with Gasteiger partial charge in [-0.15, -0.1) is 0 Å². The van der Waals surface area contributed by atoms with Crippen LogP contribution < -0.4 is 4.18 Å². The zero-order valence-corrected chi connectivity index (χ0v) is 8.75. The largest absolute Gasteiger partial charge is 0.439 e. The minimum Gasteiger partial charge on any atom is -0.365 e. The molecule has 0 aliphatic heterocycles. The molecule has 0 radical (unpaired) electrons. The van der Waals surface area contributed by atoms with Gasteiger partial charge in [0.2, 0.25) is 0 Å². The first-order valence-corrected chi connectivity index (χ1v) is 5.32. The van der Waals surface area contributed by atoms with E-state index in [9.17, 15) is 26.4 Å². The van der Waals surface area contributed by atoms with Crippen molar-refractivity contribution in [2.75, 3.05) is 0 Å². The molecule has 0 bridgehead atoms. The molecule has 0 atom stereocenters. The summed E-state index contributed by atoms with van der Waals surface area (Å²) >= 11 is 0. The minimum atomic E-state index is -4.53. The Labute approximate surface area is 93.8 Å². The summed E-state index contributed by atoms with van der Waals surface area (Å²) in [6.45, 7) is 0. The second-order valence-corrected chi connectivity index (χ2v) is 3.92. The van der Waals surface area contributed by atoms with E-state index in [-0.39, 0.29) is 0 Å². The van der Waals surface area contributed by atoms with Crippen LogP contribution in [0, 0.1) is 0 Å². The Kier molecular flexibility index (Phi) is 3.54. The van der Waals surface area contributed by atoms with E-state index in [2.05, 4.69) is 8.58 Å². The Hall–Kier alpha value is -1.86. The van der Waals surface area contributed by atoms with Crippen LogP contribution in [0.15, 0.2) is 28.7 Å². The molecule has 0 aliphatic rings. The van der Waals surface area contributed by atoms with Crippen molar-refractivity contribution in [2.45, 2.75) is 6.18 Å². The number of carbonyl (C=O) groups excluding carboxylic acids is 1. The van der Waals surface area contributed by atoms with E-state index in [1.54, 1.807) is 0 Å². The molecule has 5 nitrogen and oxygen atoms in total. The smallest absolute Gasteiger partial charge is 0.365 e. The maximum absolute atomic E-state index is 12.1. The van der Waals surface area contributed by atoms with Gasteiger partial charge in [0.1, 0.15) is 5.75 Å². The zero-order valence-electron chi connectivity index (χ0n) is 7.93. The summed E-state index contributed by atoms with van der Waals surface area (Å²) < 4.78 is 64.6. The summed E-state index contributed by atoms with van der Waals surface area (Å²) in [4.78, 5) is 9.70. The number of hydrogen-bond donors (Lipinski definition) is 0. The van der Waals surface area contributed by atoms with Gasteiger partial charge in [-0.05, 0) is 28.7 Å². The molecule has 92 valence electrons. The number of nitrogens with zero attached hydrogens (tertiary/aromatic N) is 1. The van der Waals surface area contributed by atoms with E-state index in [1.165, 1.54) is 0 Å². The number of alkyl halides is 3. The van der Waals surface area contributed by atoms with Crippen molar-refractivity contribution in [1.82, 2.24) is 0 Å². The zero-order chi connectivity index (χ0) is 13.1. The third kappa shape index (κ3) is 3.89. The number of rotatable bonds is 3. The third-order valence-corrected chi connectivity index (χ3v) is 2.23. The van der Waals surface area contributed by atoms with Gasteiger partial charge in [-0.3, -0.25) is 0 Å². The van der Waals surface area contributed by atoms with Gasteiger partial charge in [-0.1, -0.05) is 0 Å². The molecule has 1 rings (SSSR count). The minimum absolute atomic E-state index is 0.392. The lowest BCUT2D eigenvalue weighted by Crippen LogP contribution is -2.07. The number of halogens is 3. The van der Waals surface area contributed by atoms with Gasteiger partial charge in [0.25, 0.3) is 6.08 Å². The van der Waals surface area contributed by atoms with Crippen LogP contribution in [0.25, 0.3) is 0 Å². The second kappa shape index (κ2) is 4.56. The summed E-state index contributed by atoms with van der Waals surface area (Å²) in [7, 11) is -4.51. The Morgan fingerprint density at radius 3 is 2.12 bits per heavy atom. The Morgan fingerprint density at radius 1 is 1.18 bits per heavy atom. The molecule has 1 aromatic rings. The molecule has 0 saturated heterocycles. The van der Waals surface area contributed by atoms with Crippen LogP contribution in [0.4, 0.5) is 13.2 Å². The fraction of sp³-hybridized carbons (Fsp3) is 0.125. The molecule has 0 unspecified atom stereocenters. The van der Waals surface area contributed by atoms with E-state index >= 15 is 0 Å². The van der Waals surface area contributed by atoms with Crippen LogP contribution in [0.5, 0.6) is 5.75 Å². The summed E-state index contributed by atoms with van der Waals surface area (Å²) in [6.07, 6.45) is -3.78. The van der Waals surface area contributed by atoms with Crippen LogP contribution in [-0.2, 0) is 21.3 Å². The highest BCUT2D eigenvalue weighted by atomic mass is 32.2. The molecule has 0 amide bonds. The van der Waals surface area contributed by atoms with Gasteiger partial charge in [0.15, 0.2) is 0 Å². The molecular weight excluding hydrogens is 263 g/mol. The fourth-order valence-corrected chi connectivity index (χ4v) is 1.37. The topological polar surface area (TPSA) is 72.8 Å². The summed E-state index contributed by atoms with van der Waals surface area (Å²) in [6, 6.07) is 2.85. The lowest BCUT2D eigenvalue weighted by atomic mass is 10.2. The first-order chi connectivity index (χ1) is 7.74. The average molecular weight is 267 g/mol. The van der Waals surface area contributed by atoms with Crippen molar-refractivity contribution in [3.63, 3.8) is 0 Å². The maximum Gasteiger partial charge on any atom is 0.439 e. The maximum atomic E-state index is 12.1. The van der Waals surface area contributed by atoms with Crippen LogP contribution in [-0.4, -0.2) is 14.5 Å². The normalized spacial score (nSPS) is 11.7. The van der Waals surface area contributed by atoms with E-state index < -0.39 is 27.8 Å². The van der Waals surface area contributed by atoms with Gasteiger partial charge >= 0.3 is 16.5 Å². The molecule has 1 aromatic carbocycles. The Balaban J connectivity index is 2.94. The summed E-state index contributed by atoms with van der Waals surface area (Å²) in [5.74, 6) is -0.392. The highest BCUT2D eigenvalue weighted by Gasteiger charge is 2.30. The molecule has 9 heteroatoms. The van der Waals surface area contributed by atoms with Crippen LogP contribution in [0.3, 0.4) is 0 Å². The predicted octanol–water partition coefficient (Wildman–Crippen LogP) is 1.66. The van der Waals surface area contributed by atoms with Crippen LogP contribution in [0.2, 0.25) is 0 Å². The summed E-state index contributed by atoms with van der Waals surface area (Å²) in [5, 5.41) is 0. The first kappa shape index (κ1) is 13.2. The van der Waals surface area contributed by atoms with Gasteiger partial charge in [-0.25, -0.2) is 4.79 Å². The van der Waals surface area contributed by atoms with E-state index in [4.69, 9.17) is 0 Å². The van der Waals surface area contributed by atoms with Gasteiger partial charge in [0.05, 0.1) is 5.56 Å². The predicted molar refractivity (Wildman–Crippen MR) is 49.1 cm³/mol. The third-order valence-electron chi connectivity index (χ3n) is 1.53. The van der Waals surface area contributed by atoms with E-state index in [0.29, 0.717) is 12.1 Å². The first-order valence-electron chi connectivity index (χ1n) is 3.95. The monoisotopic (exact) mass is 267 g/mol. The molecule has 0 fully saturated rings. The molecule has 0 spiro atoms. The van der Waals surface area contributed by atoms with Crippen molar-refractivity contribution in [2.24, 2.45) is 4.40 Å². The van der Waals surface area contributed by atoms with Crippen LogP contribution in [0.1, 0.15) is 5.56 Å². The molecule has 0 aliphatic carbocycles. The van der Waals surface area contributed by atoms with E-state index in [1.807, 2.05) is 0 Å². The number of benzene rings is 1. The molecule has 0 N–H and O–H groups in total. The van der Waals surface area contributed by atoms with Crippen molar-refractivity contribution in [3.8, 4) is 5.75 Å². The van der Waals surface area contributed by atoms with Gasteiger partial charge in [0, 0.05) is 0 Å². The SMILES string of the molecule is O=C=NS(=O)(=O)Oc1ccc(C(F)(F)F)cc1. The van der Waals surface area contributed by atoms with Gasteiger partial charge in [-0.2, -0.15) is 21.6 Å². The quantitative estimate of drug-likeness (QED) is 0.616. The van der Waals surface area contributed by atoms with Crippen LogP contribution >= 0.6 is 0 Å². The fourth-order valence-electron chi connectivity index (χ4n) is 0.885. The molecule has 0 aromatic heterocycles. The Bertz CT molecular complexity index is 543. The lowest BCUT2D eigenvalue weighted by molar-refractivity contribution is -0.137. The van der Waals surface area contributed by atoms with Crippen molar-refractivity contribution in [3.05, 3.63) is 29.8 Å². The van der Waals surface area contributed by atoms with Crippen molar-refractivity contribution < 1.29 is 30.6 Å². The molecule has 0 saturated carbocycles. The van der Waals surface area contributed by atoms with Gasteiger partial charge < -0.3 is 4.18 Å². The van der Waals surface area contributed by atoms with Crippen molar-refractivity contribution in [1.29, 1.82) is 0 Å². The van der Waals surface area contributed by atoms with E-state index in [0.717, 1.165) is 18.2 Å². The number of isocyanates is 1. The molecule has 0 heterocycles. The second-order valence-electron chi connectivity index (χ2n) is 2.72. The number of hydrogen-bond acceptors (Lipinski definition) is 4. The Morgan fingerprint density at radius 2 is 1.71 bits per heavy atom. The lowest BCUT2D eigenvalue weighted by Gasteiger charge is -2.06.